The van der Waals surface area contributed by atoms with Gasteiger partial charge < -0.3 is 10.1 Å². The van der Waals surface area contributed by atoms with Crippen LogP contribution >= 0.6 is 12.4 Å². The van der Waals surface area contributed by atoms with Gasteiger partial charge >= 0.3 is 0 Å². The van der Waals surface area contributed by atoms with Gasteiger partial charge in [0.15, 0.2) is 0 Å². The normalized spacial score (nSPS) is 19.6. The quantitative estimate of drug-likeness (QED) is 0.885. The van der Waals surface area contributed by atoms with E-state index < -0.39 is 11.6 Å². The molecule has 0 amide bonds. The number of nitrogens with one attached hydrogen (secondary N) is 1. The molecule has 1 saturated heterocycles. The van der Waals surface area contributed by atoms with Gasteiger partial charge in [-0.15, -0.1) is 12.4 Å². The largest absolute Gasteiger partial charge is 0.497 e. The number of halogens is 3. The molecule has 1 aromatic rings. The van der Waals surface area contributed by atoms with Gasteiger partial charge in [0.2, 0.25) is 0 Å². The molecule has 5 heteroatoms. The van der Waals surface area contributed by atoms with Crippen LogP contribution in [0.4, 0.5) is 8.78 Å². The molecule has 2 nitrogen and oxygen atoms in total. The lowest BCUT2D eigenvalue weighted by Crippen LogP contribution is -2.28. The predicted molar refractivity (Wildman–Crippen MR) is 64.8 cm³/mol. The van der Waals surface area contributed by atoms with E-state index in [0.29, 0.717) is 0 Å². The first-order valence-electron chi connectivity index (χ1n) is 5.48. The molecule has 17 heavy (non-hydrogen) atoms. The van der Waals surface area contributed by atoms with Crippen LogP contribution in [0.5, 0.6) is 5.75 Å². The summed E-state index contributed by atoms with van der Waals surface area (Å²) < 4.78 is 32.3. The zero-order valence-corrected chi connectivity index (χ0v) is 10.4. The summed E-state index contributed by atoms with van der Waals surface area (Å²) in [6, 6.07) is 2.25. The molecular formula is C12H16ClF2NO. The SMILES string of the molecule is COc1cc(F)c([C@H]2CCCCN2)c(F)c1.Cl. The highest BCUT2D eigenvalue weighted by atomic mass is 35.5. The van der Waals surface area contributed by atoms with E-state index >= 15 is 0 Å². The van der Waals surface area contributed by atoms with Crippen LogP contribution in [0.3, 0.4) is 0 Å². The zero-order valence-electron chi connectivity index (χ0n) is 9.63. The summed E-state index contributed by atoms with van der Waals surface area (Å²) in [5.41, 5.74) is 0.139. The molecule has 0 unspecified atom stereocenters. The van der Waals surface area contributed by atoms with E-state index in [9.17, 15) is 8.78 Å². The van der Waals surface area contributed by atoms with Crippen molar-refractivity contribution in [2.24, 2.45) is 0 Å². The second-order valence-electron chi connectivity index (χ2n) is 4.01. The van der Waals surface area contributed by atoms with Crippen LogP contribution in [-0.2, 0) is 0 Å². The van der Waals surface area contributed by atoms with Gasteiger partial charge in [-0.05, 0) is 19.4 Å². The smallest absolute Gasteiger partial charge is 0.134 e. The van der Waals surface area contributed by atoms with Gasteiger partial charge in [0.1, 0.15) is 17.4 Å². The van der Waals surface area contributed by atoms with Crippen LogP contribution in [-0.4, -0.2) is 13.7 Å². The van der Waals surface area contributed by atoms with Gasteiger partial charge in [-0.25, -0.2) is 8.78 Å². The van der Waals surface area contributed by atoms with Crippen molar-refractivity contribution in [1.29, 1.82) is 0 Å². The molecule has 2 rings (SSSR count). The van der Waals surface area contributed by atoms with E-state index in [1.165, 1.54) is 19.2 Å². The van der Waals surface area contributed by atoms with Gasteiger partial charge in [-0.3, -0.25) is 0 Å². The molecule has 1 aromatic carbocycles. The summed E-state index contributed by atoms with van der Waals surface area (Å²) in [4.78, 5) is 0. The van der Waals surface area contributed by atoms with E-state index in [0.717, 1.165) is 25.8 Å². The third kappa shape index (κ3) is 3.07. The summed E-state index contributed by atoms with van der Waals surface area (Å²) in [6.45, 7) is 0.815. The number of methoxy groups -OCH3 is 1. The van der Waals surface area contributed by atoms with Crippen molar-refractivity contribution in [3.8, 4) is 5.75 Å². The maximum atomic E-state index is 13.7. The zero-order chi connectivity index (χ0) is 11.5. The molecule has 96 valence electrons. The monoisotopic (exact) mass is 263 g/mol. The summed E-state index contributed by atoms with van der Waals surface area (Å²) in [5, 5.41) is 3.13. The molecular weight excluding hydrogens is 248 g/mol. The molecule has 1 fully saturated rings. The van der Waals surface area contributed by atoms with Crippen LogP contribution in [0, 0.1) is 11.6 Å². The van der Waals surface area contributed by atoms with Gasteiger partial charge in [0.05, 0.1) is 7.11 Å². The standard InChI is InChI=1S/C12H15F2NO.ClH/c1-16-8-6-9(13)12(10(14)7-8)11-4-2-3-5-15-11;/h6-7,11,15H,2-5H2,1H3;1H/t11-;/m1./s1. The highest BCUT2D eigenvalue weighted by Crippen LogP contribution is 2.30. The van der Waals surface area contributed by atoms with Gasteiger partial charge in [0, 0.05) is 23.7 Å². The number of benzene rings is 1. The maximum absolute atomic E-state index is 13.7. The van der Waals surface area contributed by atoms with Gasteiger partial charge in [0.25, 0.3) is 0 Å². The van der Waals surface area contributed by atoms with Gasteiger partial charge in [-0.2, -0.15) is 0 Å². The Bertz CT molecular complexity index is 358. The summed E-state index contributed by atoms with van der Waals surface area (Å²) in [5.74, 6) is -0.845. The summed E-state index contributed by atoms with van der Waals surface area (Å²) in [7, 11) is 1.40. The molecule has 1 atom stereocenters. The number of hydrogen-bond acceptors (Lipinski definition) is 2. The Kier molecular flexibility index (Phi) is 5.15. The Balaban J connectivity index is 0.00000144. The molecule has 0 aromatic heterocycles. The van der Waals surface area contributed by atoms with Crippen molar-refractivity contribution in [3.05, 3.63) is 29.3 Å². The van der Waals surface area contributed by atoms with Crippen LogP contribution < -0.4 is 10.1 Å². The Morgan fingerprint density at radius 2 is 1.88 bits per heavy atom. The average Bonchev–Trinajstić information content (AvgIpc) is 2.29. The molecule has 0 bridgehead atoms. The van der Waals surface area contributed by atoms with E-state index in [4.69, 9.17) is 4.74 Å². The third-order valence-corrected chi connectivity index (χ3v) is 2.95. The molecule has 0 radical (unpaired) electrons. The second-order valence-corrected chi connectivity index (χ2v) is 4.01. The Morgan fingerprint density at radius 3 is 2.35 bits per heavy atom. The van der Waals surface area contributed by atoms with E-state index in [1.807, 2.05) is 0 Å². The van der Waals surface area contributed by atoms with Crippen LogP contribution in [0.25, 0.3) is 0 Å². The second kappa shape index (κ2) is 6.17. The lowest BCUT2D eigenvalue weighted by molar-refractivity contribution is 0.375. The molecule has 1 heterocycles. The number of ether oxygens (including phenoxy) is 1. The molecule has 0 aliphatic carbocycles. The molecule has 1 aliphatic heterocycles. The summed E-state index contributed by atoms with van der Waals surface area (Å²) >= 11 is 0. The average molecular weight is 264 g/mol. The maximum Gasteiger partial charge on any atom is 0.134 e. The number of hydrogen-bond donors (Lipinski definition) is 1. The fourth-order valence-corrected chi connectivity index (χ4v) is 2.11. The first-order chi connectivity index (χ1) is 7.72. The van der Waals surface area contributed by atoms with Crippen molar-refractivity contribution < 1.29 is 13.5 Å². The van der Waals surface area contributed by atoms with Crippen LogP contribution in [0.1, 0.15) is 30.9 Å². The first-order valence-corrected chi connectivity index (χ1v) is 5.48. The van der Waals surface area contributed by atoms with Crippen LogP contribution in [0.15, 0.2) is 12.1 Å². The number of rotatable bonds is 2. The first kappa shape index (κ1) is 14.2. The van der Waals surface area contributed by atoms with E-state index in [-0.39, 0.29) is 29.8 Å². The minimum Gasteiger partial charge on any atom is -0.497 e. The molecule has 0 saturated carbocycles. The topological polar surface area (TPSA) is 21.3 Å². The van der Waals surface area contributed by atoms with Crippen molar-refractivity contribution in [2.45, 2.75) is 25.3 Å². The Labute approximate surface area is 106 Å². The molecule has 1 aliphatic rings. The van der Waals surface area contributed by atoms with E-state index in [1.54, 1.807) is 0 Å². The fraction of sp³-hybridized carbons (Fsp3) is 0.500. The fourth-order valence-electron chi connectivity index (χ4n) is 2.11. The van der Waals surface area contributed by atoms with Crippen molar-refractivity contribution in [1.82, 2.24) is 5.32 Å². The lowest BCUT2D eigenvalue weighted by Gasteiger charge is -2.24. The predicted octanol–water partition coefficient (Wildman–Crippen LogP) is 3.21. The third-order valence-electron chi connectivity index (χ3n) is 2.95. The highest BCUT2D eigenvalue weighted by molar-refractivity contribution is 5.85. The molecule has 0 spiro atoms. The summed E-state index contributed by atoms with van der Waals surface area (Å²) in [6.07, 6.45) is 2.85. The lowest BCUT2D eigenvalue weighted by atomic mass is 9.96. The molecule has 1 N–H and O–H groups in total. The van der Waals surface area contributed by atoms with Crippen molar-refractivity contribution in [2.75, 3.05) is 13.7 Å². The minimum absolute atomic E-state index is 0. The van der Waals surface area contributed by atoms with Crippen molar-refractivity contribution >= 4 is 12.4 Å². The Morgan fingerprint density at radius 1 is 1.24 bits per heavy atom. The van der Waals surface area contributed by atoms with E-state index in [2.05, 4.69) is 5.32 Å². The Hall–Kier alpha value is -0.870. The minimum atomic E-state index is -0.531. The highest BCUT2D eigenvalue weighted by Gasteiger charge is 2.22. The van der Waals surface area contributed by atoms with Crippen molar-refractivity contribution in [3.63, 3.8) is 0 Å². The van der Waals surface area contributed by atoms with Crippen LogP contribution in [0.2, 0.25) is 0 Å². The number of piperidine rings is 1. The van der Waals surface area contributed by atoms with Gasteiger partial charge in [-0.1, -0.05) is 6.42 Å².